The van der Waals surface area contributed by atoms with Crippen LogP contribution in [0.15, 0.2) is 6.07 Å². The van der Waals surface area contributed by atoms with Crippen LogP contribution in [-0.2, 0) is 26.1 Å². The molecule has 0 saturated carbocycles. The Kier molecular flexibility index (Phi) is 5.81. The summed E-state index contributed by atoms with van der Waals surface area (Å²) in [6.07, 6.45) is 0. The summed E-state index contributed by atoms with van der Waals surface area (Å²) in [7, 11) is 1.00. The average molecular weight is 366 g/mol. The van der Waals surface area contributed by atoms with E-state index in [4.69, 9.17) is 5.11 Å². The number of hydrogen-bond donors (Lipinski definition) is 1. The van der Waals surface area contributed by atoms with E-state index in [1.807, 2.05) is 0 Å². The molecule has 0 aliphatic rings. The zero-order valence-electron chi connectivity index (χ0n) is 9.23. The number of aliphatic hydroxyl groups excluding tert-OH is 1. The van der Waals surface area contributed by atoms with Gasteiger partial charge in [-0.25, -0.2) is 0 Å². The van der Waals surface area contributed by atoms with Gasteiger partial charge in [-0.1, -0.05) is 0 Å². The Labute approximate surface area is 97.1 Å². The Morgan fingerprint density at radius 2 is 1.23 bits per heavy atom. The number of aryl methyl sites for hydroxylation is 2. The first-order valence-electron chi connectivity index (χ1n) is 4.38. The van der Waals surface area contributed by atoms with E-state index in [9.17, 15) is 0 Å². The summed E-state index contributed by atoms with van der Waals surface area (Å²) >= 11 is 0.766. The molecule has 0 heterocycles. The van der Waals surface area contributed by atoms with Gasteiger partial charge in [0.15, 0.2) is 0 Å². The molecule has 69 valence electrons. The molecule has 0 radical (unpaired) electrons. The zero-order valence-corrected chi connectivity index (χ0v) is 14.7. The fourth-order valence-corrected chi connectivity index (χ4v) is 3.47. The molecule has 1 aromatic rings. The van der Waals surface area contributed by atoms with Gasteiger partial charge in [-0.3, -0.25) is 0 Å². The molecule has 0 bridgehead atoms. The van der Waals surface area contributed by atoms with E-state index in [1.165, 1.54) is 22.3 Å². The van der Waals surface area contributed by atoms with Crippen molar-refractivity contribution in [3.63, 3.8) is 0 Å². The van der Waals surface area contributed by atoms with Crippen LogP contribution in [0.4, 0.5) is 0 Å². The second-order valence-electron chi connectivity index (χ2n) is 3.24. The predicted octanol–water partition coefficient (Wildman–Crippen LogP) is 1.70. The molecule has 1 aromatic carbocycles. The molecular formula is C11H17HgO. The molecule has 0 aliphatic heterocycles. The first kappa shape index (κ1) is 13.1. The Morgan fingerprint density at radius 1 is 0.923 bits per heavy atom. The minimum absolute atomic E-state index is 0.766. The monoisotopic (exact) mass is 367 g/mol. The number of hydrogen-bond acceptors (Lipinski definition) is 1. The van der Waals surface area contributed by atoms with Gasteiger partial charge in [-0.15, -0.1) is 0 Å². The van der Waals surface area contributed by atoms with Gasteiger partial charge in [0.1, 0.15) is 0 Å². The SMILES string of the molecule is CO.Cc1cc(C)c(C)[c]([Hg])c1C. The van der Waals surface area contributed by atoms with Crippen molar-refractivity contribution in [3.8, 4) is 0 Å². The summed E-state index contributed by atoms with van der Waals surface area (Å²) in [5.41, 5.74) is 5.96. The molecule has 0 aromatic heterocycles. The standard InChI is InChI=1S/C10H13.CH4O.Hg/c1-7-5-9(3)10(4)6-8(7)2;1-2;/h5H,1-4H3;2H,1H3;. The Morgan fingerprint density at radius 3 is 1.54 bits per heavy atom. The quantitative estimate of drug-likeness (QED) is 0.694. The number of aliphatic hydroxyl groups is 1. The maximum absolute atomic E-state index is 7.00. The summed E-state index contributed by atoms with van der Waals surface area (Å²) in [4.78, 5) is 0. The van der Waals surface area contributed by atoms with Crippen molar-refractivity contribution in [2.24, 2.45) is 0 Å². The van der Waals surface area contributed by atoms with E-state index in [0.29, 0.717) is 0 Å². The van der Waals surface area contributed by atoms with Crippen LogP contribution in [0.2, 0.25) is 0 Å². The van der Waals surface area contributed by atoms with Gasteiger partial charge in [-0.2, -0.15) is 0 Å². The third-order valence-electron chi connectivity index (χ3n) is 2.52. The van der Waals surface area contributed by atoms with Crippen LogP contribution in [0.25, 0.3) is 0 Å². The van der Waals surface area contributed by atoms with Crippen LogP contribution in [0, 0.1) is 27.7 Å². The van der Waals surface area contributed by atoms with Gasteiger partial charge in [-0.05, 0) is 0 Å². The second kappa shape index (κ2) is 5.76. The third-order valence-corrected chi connectivity index (χ3v) is 6.64. The Bertz CT molecular complexity index is 266. The van der Waals surface area contributed by atoms with E-state index in [0.717, 1.165) is 33.2 Å². The van der Waals surface area contributed by atoms with Crippen molar-refractivity contribution in [2.75, 3.05) is 7.11 Å². The number of rotatable bonds is 0. The average Bonchev–Trinajstić information content (AvgIpc) is 2.15. The van der Waals surface area contributed by atoms with Crippen LogP contribution < -0.4 is 3.07 Å². The van der Waals surface area contributed by atoms with Crippen LogP contribution in [-0.4, -0.2) is 12.2 Å². The molecule has 0 spiro atoms. The Balaban J connectivity index is 0.000000671. The molecule has 0 aliphatic carbocycles. The fraction of sp³-hybridized carbons (Fsp3) is 0.455. The molecule has 1 nitrogen and oxygen atoms in total. The van der Waals surface area contributed by atoms with E-state index < -0.39 is 0 Å². The van der Waals surface area contributed by atoms with Gasteiger partial charge in [0, 0.05) is 7.11 Å². The molecule has 13 heavy (non-hydrogen) atoms. The summed E-state index contributed by atoms with van der Waals surface area (Å²) in [5.74, 6) is 0. The van der Waals surface area contributed by atoms with Crippen LogP contribution in [0.1, 0.15) is 22.3 Å². The van der Waals surface area contributed by atoms with E-state index in [2.05, 4.69) is 33.8 Å². The van der Waals surface area contributed by atoms with Crippen molar-refractivity contribution in [3.05, 3.63) is 28.3 Å². The fourth-order valence-electron chi connectivity index (χ4n) is 1.30. The van der Waals surface area contributed by atoms with Crippen LogP contribution in [0.3, 0.4) is 0 Å². The summed E-state index contributed by atoms with van der Waals surface area (Å²) in [5, 5.41) is 7.00. The molecule has 0 amide bonds. The molecule has 0 unspecified atom stereocenters. The molecule has 1 N–H and O–H groups in total. The van der Waals surface area contributed by atoms with Gasteiger partial charge < -0.3 is 5.11 Å². The third kappa shape index (κ3) is 3.06. The first-order valence-corrected chi connectivity index (χ1v) is 7.13. The summed E-state index contributed by atoms with van der Waals surface area (Å²) in [6.45, 7) is 8.89. The molecule has 2 heteroatoms. The number of benzene rings is 1. The zero-order chi connectivity index (χ0) is 10.6. The normalized spacial score (nSPS) is 9.23. The van der Waals surface area contributed by atoms with Crippen molar-refractivity contribution in [1.82, 2.24) is 0 Å². The molecule has 0 fully saturated rings. The first-order chi connectivity index (χ1) is 6.04. The summed E-state index contributed by atoms with van der Waals surface area (Å²) < 4.78 is 1.64. The van der Waals surface area contributed by atoms with E-state index in [1.54, 1.807) is 3.07 Å². The topological polar surface area (TPSA) is 20.2 Å². The van der Waals surface area contributed by atoms with Crippen molar-refractivity contribution in [1.29, 1.82) is 0 Å². The van der Waals surface area contributed by atoms with Gasteiger partial charge in [0.2, 0.25) is 0 Å². The molecule has 0 saturated heterocycles. The summed E-state index contributed by atoms with van der Waals surface area (Å²) in [6, 6.07) is 2.29. The minimum atomic E-state index is 0.766. The van der Waals surface area contributed by atoms with Crippen LogP contribution >= 0.6 is 0 Å². The van der Waals surface area contributed by atoms with Gasteiger partial charge in [0.25, 0.3) is 0 Å². The van der Waals surface area contributed by atoms with Crippen molar-refractivity contribution >= 4 is 3.07 Å². The Hall–Kier alpha value is 0.115. The molecular weight excluding hydrogens is 349 g/mol. The predicted molar refractivity (Wildman–Crippen MR) is 53.2 cm³/mol. The van der Waals surface area contributed by atoms with Gasteiger partial charge >= 0.3 is 85.2 Å². The van der Waals surface area contributed by atoms with Gasteiger partial charge in [0.05, 0.1) is 0 Å². The van der Waals surface area contributed by atoms with E-state index >= 15 is 0 Å². The van der Waals surface area contributed by atoms with Crippen molar-refractivity contribution < 1.29 is 31.2 Å². The second-order valence-corrected chi connectivity index (χ2v) is 5.99. The van der Waals surface area contributed by atoms with E-state index in [-0.39, 0.29) is 0 Å². The molecule has 0 atom stereocenters. The van der Waals surface area contributed by atoms with Crippen molar-refractivity contribution in [2.45, 2.75) is 27.7 Å². The van der Waals surface area contributed by atoms with Crippen LogP contribution in [0.5, 0.6) is 0 Å². The molecule has 1 rings (SSSR count). The maximum atomic E-state index is 7.00.